The van der Waals surface area contributed by atoms with E-state index >= 15 is 0 Å². The minimum absolute atomic E-state index is 0.148. The third kappa shape index (κ3) is 2.92. The topological polar surface area (TPSA) is 52.6 Å². The lowest BCUT2D eigenvalue weighted by Gasteiger charge is -2.34. The molecule has 2 aromatic rings. The van der Waals surface area contributed by atoms with Gasteiger partial charge in [0.1, 0.15) is 11.3 Å². The summed E-state index contributed by atoms with van der Waals surface area (Å²) in [4.78, 5) is 24.7. The summed E-state index contributed by atoms with van der Waals surface area (Å²) in [6.45, 7) is 6.78. The van der Waals surface area contributed by atoms with E-state index in [9.17, 15) is 9.59 Å². The van der Waals surface area contributed by atoms with Gasteiger partial charge in [0.05, 0.1) is 5.56 Å². The summed E-state index contributed by atoms with van der Waals surface area (Å²) in [7, 11) is 0. The van der Waals surface area contributed by atoms with Crippen LogP contribution < -0.4 is 4.74 Å². The van der Waals surface area contributed by atoms with Gasteiger partial charge in [0, 0.05) is 23.0 Å². The van der Waals surface area contributed by atoms with Crippen molar-refractivity contribution in [3.05, 3.63) is 50.6 Å². The molecule has 0 spiro atoms. The second-order valence-electron chi connectivity index (χ2n) is 6.30. The normalized spacial score (nSPS) is 15.3. The van der Waals surface area contributed by atoms with Gasteiger partial charge in [-0.15, -0.1) is 0 Å². The average Bonchev–Trinajstić information content (AvgIpc) is 2.47. The van der Waals surface area contributed by atoms with Gasteiger partial charge in [0.15, 0.2) is 5.78 Å². The van der Waals surface area contributed by atoms with E-state index in [1.807, 2.05) is 31.2 Å². The number of rotatable bonds is 2. The number of hydrogen-bond acceptors (Lipinski definition) is 4. The van der Waals surface area contributed by atoms with Crippen molar-refractivity contribution in [2.24, 2.45) is 0 Å². The first kappa shape index (κ1) is 17.0. The number of cyclic esters (lactones) is 1. The molecule has 1 heterocycles. The standard InChI is InChI=1S/C19H17IO4/c1-10-5-7-12(8-6-10)15-14(20)9-13(11(2)21)17-16(15)18(22)24-19(3,4)23-17/h5-9H,1-4H3. The molecule has 0 amide bonds. The zero-order valence-electron chi connectivity index (χ0n) is 13.9. The lowest BCUT2D eigenvalue weighted by molar-refractivity contribution is -0.127. The Morgan fingerprint density at radius 3 is 2.29 bits per heavy atom. The van der Waals surface area contributed by atoms with Crippen molar-refractivity contribution in [2.75, 3.05) is 0 Å². The fourth-order valence-electron chi connectivity index (χ4n) is 2.74. The summed E-state index contributed by atoms with van der Waals surface area (Å²) in [5.74, 6) is -1.42. The summed E-state index contributed by atoms with van der Waals surface area (Å²) < 4.78 is 12.1. The van der Waals surface area contributed by atoms with E-state index in [1.54, 1.807) is 19.9 Å². The van der Waals surface area contributed by atoms with Crippen molar-refractivity contribution in [3.63, 3.8) is 0 Å². The summed E-state index contributed by atoms with van der Waals surface area (Å²) in [5.41, 5.74) is 3.46. The van der Waals surface area contributed by atoms with E-state index < -0.39 is 11.8 Å². The van der Waals surface area contributed by atoms with Gasteiger partial charge in [-0.25, -0.2) is 4.79 Å². The smallest absolute Gasteiger partial charge is 0.345 e. The minimum Gasteiger partial charge on any atom is -0.451 e. The van der Waals surface area contributed by atoms with E-state index in [0.717, 1.165) is 20.3 Å². The number of hydrogen-bond donors (Lipinski definition) is 0. The number of esters is 1. The fraction of sp³-hybridized carbons (Fsp3) is 0.263. The third-order valence-electron chi connectivity index (χ3n) is 3.84. The van der Waals surface area contributed by atoms with Crippen molar-refractivity contribution in [2.45, 2.75) is 33.5 Å². The molecule has 0 atom stereocenters. The molecule has 0 N–H and O–H groups in total. The Balaban J connectivity index is 2.34. The first-order valence-electron chi connectivity index (χ1n) is 7.56. The molecule has 2 aromatic carbocycles. The van der Waals surface area contributed by atoms with Crippen LogP contribution in [0.25, 0.3) is 11.1 Å². The molecule has 1 aliphatic heterocycles. The third-order valence-corrected chi connectivity index (χ3v) is 4.69. The van der Waals surface area contributed by atoms with Gasteiger partial charge in [-0.3, -0.25) is 4.79 Å². The lowest BCUT2D eigenvalue weighted by Crippen LogP contribution is -2.40. The maximum absolute atomic E-state index is 12.7. The number of halogens is 1. The van der Waals surface area contributed by atoms with E-state index in [0.29, 0.717) is 16.9 Å². The molecule has 0 saturated heterocycles. The maximum Gasteiger partial charge on any atom is 0.345 e. The Hall–Kier alpha value is -1.89. The Labute approximate surface area is 154 Å². The monoisotopic (exact) mass is 436 g/mol. The SMILES string of the molecule is CC(=O)c1cc(I)c(-c2ccc(C)cc2)c2c1OC(C)(C)OC2=O. The number of carbonyl (C=O) groups is 2. The summed E-state index contributed by atoms with van der Waals surface area (Å²) in [5, 5.41) is 0. The Morgan fingerprint density at radius 1 is 1.08 bits per heavy atom. The van der Waals surface area contributed by atoms with Crippen LogP contribution in [0.5, 0.6) is 5.75 Å². The van der Waals surface area contributed by atoms with Gasteiger partial charge in [-0.1, -0.05) is 29.8 Å². The Kier molecular flexibility index (Phi) is 4.15. The molecule has 1 aliphatic rings. The molecule has 0 bridgehead atoms. The van der Waals surface area contributed by atoms with E-state index in [4.69, 9.17) is 9.47 Å². The van der Waals surface area contributed by atoms with Crippen LogP contribution in [-0.2, 0) is 4.74 Å². The van der Waals surface area contributed by atoms with Crippen LogP contribution in [0.2, 0.25) is 0 Å². The van der Waals surface area contributed by atoms with Gasteiger partial charge >= 0.3 is 5.97 Å². The highest BCUT2D eigenvalue weighted by Crippen LogP contribution is 2.43. The van der Waals surface area contributed by atoms with Crippen LogP contribution in [0.3, 0.4) is 0 Å². The summed E-state index contributed by atoms with van der Waals surface area (Å²) in [6.07, 6.45) is 0. The molecule has 0 radical (unpaired) electrons. The van der Waals surface area contributed by atoms with E-state index in [1.165, 1.54) is 6.92 Å². The molecule has 0 aliphatic carbocycles. The van der Waals surface area contributed by atoms with E-state index in [-0.39, 0.29) is 5.78 Å². The van der Waals surface area contributed by atoms with Gasteiger partial charge in [-0.2, -0.15) is 0 Å². The number of ether oxygens (including phenoxy) is 2. The predicted octanol–water partition coefficient (Wildman–Crippen LogP) is 4.75. The molecular formula is C19H17IO4. The quantitative estimate of drug-likeness (QED) is 0.387. The zero-order chi connectivity index (χ0) is 17.6. The molecular weight excluding hydrogens is 419 g/mol. The Bertz CT molecular complexity index is 851. The number of fused-ring (bicyclic) bond motifs is 1. The van der Waals surface area contributed by atoms with Crippen molar-refractivity contribution in [1.29, 1.82) is 0 Å². The van der Waals surface area contributed by atoms with E-state index in [2.05, 4.69) is 22.6 Å². The molecule has 5 heteroatoms. The van der Waals surface area contributed by atoms with Crippen LogP contribution in [0.4, 0.5) is 0 Å². The highest BCUT2D eigenvalue weighted by Gasteiger charge is 2.39. The second kappa shape index (κ2) is 5.88. The number of ketones is 1. The van der Waals surface area contributed by atoms with Gasteiger partial charge in [0.2, 0.25) is 5.79 Å². The molecule has 4 nitrogen and oxygen atoms in total. The number of aryl methyl sites for hydroxylation is 1. The van der Waals surface area contributed by atoms with Crippen molar-refractivity contribution in [3.8, 4) is 16.9 Å². The predicted molar refractivity (Wildman–Crippen MR) is 99.5 cm³/mol. The minimum atomic E-state index is -1.11. The first-order valence-corrected chi connectivity index (χ1v) is 8.64. The number of Topliss-reactive ketones (excluding diaryl/α,β-unsaturated/α-hetero) is 1. The highest BCUT2D eigenvalue weighted by atomic mass is 127. The van der Waals surface area contributed by atoms with Crippen LogP contribution in [-0.4, -0.2) is 17.5 Å². The van der Waals surface area contributed by atoms with Crippen LogP contribution in [0.15, 0.2) is 30.3 Å². The second-order valence-corrected chi connectivity index (χ2v) is 7.46. The number of benzene rings is 2. The van der Waals surface area contributed by atoms with Crippen LogP contribution >= 0.6 is 22.6 Å². The van der Waals surface area contributed by atoms with Gasteiger partial charge < -0.3 is 9.47 Å². The zero-order valence-corrected chi connectivity index (χ0v) is 16.1. The summed E-state index contributed by atoms with van der Waals surface area (Å²) in [6, 6.07) is 9.64. The fourth-order valence-corrected chi connectivity index (χ4v) is 3.63. The molecule has 24 heavy (non-hydrogen) atoms. The van der Waals surface area contributed by atoms with Crippen molar-refractivity contribution >= 4 is 34.3 Å². The molecule has 124 valence electrons. The first-order chi connectivity index (χ1) is 11.2. The summed E-state index contributed by atoms with van der Waals surface area (Å²) >= 11 is 2.14. The van der Waals surface area contributed by atoms with Crippen LogP contribution in [0.1, 0.15) is 47.1 Å². The molecule has 0 saturated carbocycles. The molecule has 0 fully saturated rings. The molecule has 0 aromatic heterocycles. The van der Waals surface area contributed by atoms with Crippen LogP contribution in [0, 0.1) is 10.5 Å². The highest BCUT2D eigenvalue weighted by molar-refractivity contribution is 14.1. The largest absolute Gasteiger partial charge is 0.451 e. The van der Waals surface area contributed by atoms with Crippen molar-refractivity contribution in [1.82, 2.24) is 0 Å². The molecule has 3 rings (SSSR count). The number of carbonyl (C=O) groups excluding carboxylic acids is 2. The molecule has 0 unspecified atom stereocenters. The lowest BCUT2D eigenvalue weighted by atomic mass is 9.93. The Morgan fingerprint density at radius 2 is 1.71 bits per heavy atom. The van der Waals surface area contributed by atoms with Gasteiger partial charge in [-0.05, 0) is 48.1 Å². The average molecular weight is 436 g/mol. The van der Waals surface area contributed by atoms with Gasteiger partial charge in [0.25, 0.3) is 0 Å². The maximum atomic E-state index is 12.7. The van der Waals surface area contributed by atoms with Crippen molar-refractivity contribution < 1.29 is 19.1 Å².